The van der Waals surface area contributed by atoms with Crippen LogP contribution in [-0.4, -0.2) is 19.7 Å². The molecule has 0 aliphatic heterocycles. The van der Waals surface area contributed by atoms with Gasteiger partial charge in [0.15, 0.2) is 0 Å². The van der Waals surface area contributed by atoms with E-state index < -0.39 is 0 Å². The molecule has 2 atom stereocenters. The molecule has 1 N–H and O–H groups in total. The zero-order valence-electron chi connectivity index (χ0n) is 12.3. The molecular formula is C16H26BrNO. The van der Waals surface area contributed by atoms with Crippen molar-refractivity contribution in [3.63, 3.8) is 0 Å². The van der Waals surface area contributed by atoms with E-state index in [1.165, 1.54) is 18.4 Å². The number of ether oxygens (including phenoxy) is 1. The van der Waals surface area contributed by atoms with Gasteiger partial charge in [0, 0.05) is 11.0 Å². The summed E-state index contributed by atoms with van der Waals surface area (Å²) in [6.07, 6.45) is 2.57. The smallest absolute Gasteiger partial charge is 0.0960 e. The molecule has 0 aliphatic carbocycles. The molecular weight excluding hydrogens is 302 g/mol. The summed E-state index contributed by atoms with van der Waals surface area (Å²) in [5, 5.41) is 3.38. The van der Waals surface area contributed by atoms with Gasteiger partial charge in [-0.15, -0.1) is 0 Å². The second-order valence-corrected chi connectivity index (χ2v) is 5.90. The Hall–Kier alpha value is -0.380. The van der Waals surface area contributed by atoms with Gasteiger partial charge in [-0.1, -0.05) is 61.3 Å². The van der Waals surface area contributed by atoms with Crippen molar-refractivity contribution in [1.29, 1.82) is 0 Å². The predicted molar refractivity (Wildman–Crippen MR) is 85.5 cm³/mol. The summed E-state index contributed by atoms with van der Waals surface area (Å²) in [5.41, 5.74) is 1.23. The Morgan fingerprint density at radius 1 is 1.26 bits per heavy atom. The molecule has 0 saturated heterocycles. The SMILES string of the molecule is CCCC(C)COC(CNCC)c1ccccc1Br. The Bertz CT molecular complexity index is 356. The van der Waals surface area contributed by atoms with Crippen LogP contribution in [0.5, 0.6) is 0 Å². The maximum absolute atomic E-state index is 6.13. The van der Waals surface area contributed by atoms with Gasteiger partial charge in [-0.2, -0.15) is 0 Å². The van der Waals surface area contributed by atoms with E-state index in [4.69, 9.17) is 4.74 Å². The highest BCUT2D eigenvalue weighted by molar-refractivity contribution is 9.10. The summed E-state index contributed by atoms with van der Waals surface area (Å²) < 4.78 is 7.26. The number of rotatable bonds is 9. The molecule has 108 valence electrons. The minimum atomic E-state index is 0.120. The maximum Gasteiger partial charge on any atom is 0.0960 e. The standard InChI is InChI=1S/C16H26BrNO/c1-4-8-13(3)12-19-16(11-18-5-2)14-9-6-7-10-15(14)17/h6-7,9-10,13,16,18H,4-5,8,11-12H2,1-3H3. The van der Waals surface area contributed by atoms with Crippen LogP contribution in [0.15, 0.2) is 28.7 Å². The molecule has 1 aromatic rings. The summed E-state index contributed by atoms with van der Waals surface area (Å²) in [4.78, 5) is 0. The lowest BCUT2D eigenvalue weighted by molar-refractivity contribution is 0.0298. The maximum atomic E-state index is 6.13. The second-order valence-electron chi connectivity index (χ2n) is 5.05. The van der Waals surface area contributed by atoms with Gasteiger partial charge in [0.2, 0.25) is 0 Å². The molecule has 0 fully saturated rings. The fraction of sp³-hybridized carbons (Fsp3) is 0.625. The Balaban J connectivity index is 2.64. The lowest BCUT2D eigenvalue weighted by Gasteiger charge is -2.22. The minimum Gasteiger partial charge on any atom is -0.372 e. The molecule has 2 unspecified atom stereocenters. The molecule has 0 heterocycles. The number of benzene rings is 1. The average molecular weight is 328 g/mol. The molecule has 0 aliphatic rings. The van der Waals surface area contributed by atoms with Gasteiger partial charge in [0.05, 0.1) is 12.7 Å². The molecule has 0 radical (unpaired) electrons. The third-order valence-electron chi connectivity index (χ3n) is 3.20. The fourth-order valence-corrected chi connectivity index (χ4v) is 2.67. The van der Waals surface area contributed by atoms with Crippen LogP contribution in [0.3, 0.4) is 0 Å². The van der Waals surface area contributed by atoms with Crippen LogP contribution in [-0.2, 0) is 4.74 Å². The van der Waals surface area contributed by atoms with Crippen LogP contribution in [0.25, 0.3) is 0 Å². The number of likely N-dealkylation sites (N-methyl/N-ethyl adjacent to an activating group) is 1. The van der Waals surface area contributed by atoms with Crippen molar-refractivity contribution < 1.29 is 4.74 Å². The lowest BCUT2D eigenvalue weighted by Crippen LogP contribution is -2.24. The molecule has 0 bridgehead atoms. The summed E-state index contributed by atoms with van der Waals surface area (Å²) in [6.45, 7) is 9.25. The zero-order chi connectivity index (χ0) is 14.1. The third kappa shape index (κ3) is 6.07. The molecule has 0 amide bonds. The van der Waals surface area contributed by atoms with Crippen LogP contribution < -0.4 is 5.32 Å². The molecule has 1 aromatic carbocycles. The Morgan fingerprint density at radius 3 is 2.63 bits per heavy atom. The normalized spacial score (nSPS) is 14.3. The van der Waals surface area contributed by atoms with Crippen molar-refractivity contribution in [2.24, 2.45) is 5.92 Å². The minimum absolute atomic E-state index is 0.120. The highest BCUT2D eigenvalue weighted by Crippen LogP contribution is 2.26. The Kier molecular flexibility index (Phi) is 8.35. The van der Waals surface area contributed by atoms with Crippen LogP contribution in [0.4, 0.5) is 0 Å². The number of hydrogen-bond donors (Lipinski definition) is 1. The summed E-state index contributed by atoms with van der Waals surface area (Å²) >= 11 is 3.62. The molecule has 0 saturated carbocycles. The number of nitrogens with one attached hydrogen (secondary N) is 1. The molecule has 1 rings (SSSR count). The Labute approximate surface area is 126 Å². The third-order valence-corrected chi connectivity index (χ3v) is 3.92. The van der Waals surface area contributed by atoms with Gasteiger partial charge in [0.1, 0.15) is 0 Å². The topological polar surface area (TPSA) is 21.3 Å². The molecule has 0 aromatic heterocycles. The lowest BCUT2D eigenvalue weighted by atomic mass is 10.1. The van der Waals surface area contributed by atoms with E-state index in [1.807, 2.05) is 6.07 Å². The molecule has 3 heteroatoms. The van der Waals surface area contributed by atoms with Crippen molar-refractivity contribution in [1.82, 2.24) is 5.32 Å². The van der Waals surface area contributed by atoms with Crippen molar-refractivity contribution >= 4 is 15.9 Å². The fourth-order valence-electron chi connectivity index (χ4n) is 2.13. The van der Waals surface area contributed by atoms with E-state index >= 15 is 0 Å². The van der Waals surface area contributed by atoms with Gasteiger partial charge in [-0.05, 0) is 30.5 Å². The van der Waals surface area contributed by atoms with Gasteiger partial charge < -0.3 is 10.1 Å². The quantitative estimate of drug-likeness (QED) is 0.718. The van der Waals surface area contributed by atoms with Gasteiger partial charge in [-0.25, -0.2) is 0 Å². The second kappa shape index (κ2) is 9.51. The van der Waals surface area contributed by atoms with E-state index in [2.05, 4.69) is 60.2 Å². The van der Waals surface area contributed by atoms with E-state index in [9.17, 15) is 0 Å². The van der Waals surface area contributed by atoms with Crippen LogP contribution >= 0.6 is 15.9 Å². The van der Waals surface area contributed by atoms with Gasteiger partial charge in [-0.3, -0.25) is 0 Å². The average Bonchev–Trinajstić information content (AvgIpc) is 2.40. The predicted octanol–water partition coefficient (Wildman–Crippen LogP) is 4.55. The van der Waals surface area contributed by atoms with Crippen molar-refractivity contribution in [3.8, 4) is 0 Å². The van der Waals surface area contributed by atoms with Crippen LogP contribution in [0, 0.1) is 5.92 Å². The first-order valence-electron chi connectivity index (χ1n) is 7.25. The summed E-state index contributed by atoms with van der Waals surface area (Å²) in [6, 6.07) is 8.32. The largest absolute Gasteiger partial charge is 0.372 e. The highest BCUT2D eigenvalue weighted by Gasteiger charge is 2.15. The first-order valence-corrected chi connectivity index (χ1v) is 8.05. The molecule has 19 heavy (non-hydrogen) atoms. The van der Waals surface area contributed by atoms with Crippen LogP contribution in [0.2, 0.25) is 0 Å². The molecule has 2 nitrogen and oxygen atoms in total. The van der Waals surface area contributed by atoms with E-state index in [1.54, 1.807) is 0 Å². The molecule has 0 spiro atoms. The Morgan fingerprint density at radius 2 is 2.00 bits per heavy atom. The van der Waals surface area contributed by atoms with Gasteiger partial charge in [0.25, 0.3) is 0 Å². The first-order chi connectivity index (χ1) is 9.19. The van der Waals surface area contributed by atoms with Gasteiger partial charge >= 0.3 is 0 Å². The summed E-state index contributed by atoms with van der Waals surface area (Å²) in [7, 11) is 0. The summed E-state index contributed by atoms with van der Waals surface area (Å²) in [5.74, 6) is 0.622. The highest BCUT2D eigenvalue weighted by atomic mass is 79.9. The van der Waals surface area contributed by atoms with Crippen molar-refractivity contribution in [2.45, 2.75) is 39.7 Å². The number of hydrogen-bond acceptors (Lipinski definition) is 2. The van der Waals surface area contributed by atoms with E-state index in [-0.39, 0.29) is 6.10 Å². The van der Waals surface area contributed by atoms with Crippen molar-refractivity contribution in [2.75, 3.05) is 19.7 Å². The zero-order valence-corrected chi connectivity index (χ0v) is 13.9. The number of halogens is 1. The van der Waals surface area contributed by atoms with Crippen LogP contribution in [0.1, 0.15) is 45.3 Å². The monoisotopic (exact) mass is 327 g/mol. The van der Waals surface area contributed by atoms with E-state index in [0.717, 1.165) is 24.2 Å². The van der Waals surface area contributed by atoms with E-state index in [0.29, 0.717) is 5.92 Å². The first kappa shape index (κ1) is 16.7. The van der Waals surface area contributed by atoms with Crippen molar-refractivity contribution in [3.05, 3.63) is 34.3 Å².